The summed E-state index contributed by atoms with van der Waals surface area (Å²) in [4.78, 5) is 21.8. The van der Waals surface area contributed by atoms with Gasteiger partial charge in [-0.25, -0.2) is 9.78 Å². The zero-order valence-electron chi connectivity index (χ0n) is 16.3. The van der Waals surface area contributed by atoms with E-state index in [9.17, 15) is 4.79 Å². The second-order valence-corrected chi connectivity index (χ2v) is 8.14. The van der Waals surface area contributed by atoms with Crippen molar-refractivity contribution in [1.29, 1.82) is 0 Å². The van der Waals surface area contributed by atoms with Crippen molar-refractivity contribution in [3.8, 4) is 11.3 Å². The third-order valence-electron chi connectivity index (χ3n) is 5.69. The summed E-state index contributed by atoms with van der Waals surface area (Å²) in [5, 5.41) is 1.41. The fraction of sp³-hybridized carbons (Fsp3) is 0.273. The average Bonchev–Trinajstić information content (AvgIpc) is 3.35. The van der Waals surface area contributed by atoms with Gasteiger partial charge in [0.2, 0.25) is 0 Å². The summed E-state index contributed by atoms with van der Waals surface area (Å²) < 4.78 is 7.48. The third kappa shape index (κ3) is 3.18. The van der Waals surface area contributed by atoms with Gasteiger partial charge in [0.1, 0.15) is 5.58 Å². The molecule has 0 amide bonds. The third-order valence-corrected chi connectivity index (χ3v) is 5.98. The first-order valence-electron chi connectivity index (χ1n) is 9.62. The largest absolute Gasteiger partial charge is 0.422 e. The first-order chi connectivity index (χ1) is 14.0. The van der Waals surface area contributed by atoms with Gasteiger partial charge >= 0.3 is 5.63 Å². The number of hydrogen-bond donors (Lipinski definition) is 0. The first-order valence-corrected chi connectivity index (χ1v) is 10.0. The number of hydrogen-bond acceptors (Lipinski definition) is 5. The zero-order chi connectivity index (χ0) is 20.1. The van der Waals surface area contributed by atoms with Gasteiger partial charge in [-0.15, -0.1) is 0 Å². The van der Waals surface area contributed by atoms with Gasteiger partial charge in [0.05, 0.1) is 16.3 Å². The molecule has 4 heterocycles. The van der Waals surface area contributed by atoms with Crippen molar-refractivity contribution in [2.75, 3.05) is 32.1 Å². The molecule has 1 saturated heterocycles. The summed E-state index contributed by atoms with van der Waals surface area (Å²) >= 11 is 6.21. The van der Waals surface area contributed by atoms with Crippen LogP contribution in [0.2, 0.25) is 5.02 Å². The highest BCUT2D eigenvalue weighted by atomic mass is 35.5. The molecule has 0 bridgehead atoms. The molecule has 7 heteroatoms. The normalized spacial score (nSPS) is 17.1. The molecule has 0 radical (unpaired) electrons. The molecule has 29 heavy (non-hydrogen) atoms. The molecule has 1 aromatic carbocycles. The Morgan fingerprint density at radius 2 is 2.10 bits per heavy atom. The number of aromatic nitrogens is 2. The van der Waals surface area contributed by atoms with Gasteiger partial charge in [0, 0.05) is 48.7 Å². The van der Waals surface area contributed by atoms with E-state index in [1.54, 1.807) is 16.7 Å². The Morgan fingerprint density at radius 1 is 1.24 bits per heavy atom. The SMILES string of the molecule is CN(C)[C@H]1CCN(c2ccc3cc(-c4cn5cccc(Cl)c5n4)c(=O)oc3c2)C1. The Hall–Kier alpha value is -2.83. The lowest BCUT2D eigenvalue weighted by atomic mass is 10.1. The van der Waals surface area contributed by atoms with E-state index >= 15 is 0 Å². The molecular weight excluding hydrogens is 388 g/mol. The van der Waals surface area contributed by atoms with Crippen LogP contribution >= 0.6 is 11.6 Å². The van der Waals surface area contributed by atoms with Gasteiger partial charge in [-0.2, -0.15) is 0 Å². The van der Waals surface area contributed by atoms with Gasteiger partial charge in [-0.3, -0.25) is 0 Å². The molecule has 1 aliphatic heterocycles. The number of halogens is 1. The molecule has 0 aliphatic carbocycles. The standard InChI is InChI=1S/C22H21ClN4O2/c1-25(2)16-7-9-26(12-16)15-6-5-14-10-17(22(28)29-20(14)11-15)19-13-27-8-3-4-18(23)21(27)24-19/h3-6,8,10-11,13,16H,7,9,12H2,1-2H3/t16-/m0/s1. The van der Waals surface area contributed by atoms with E-state index in [0.717, 1.165) is 30.6 Å². The van der Waals surface area contributed by atoms with E-state index in [2.05, 4.69) is 34.9 Å². The van der Waals surface area contributed by atoms with Crippen LogP contribution in [0.5, 0.6) is 0 Å². The van der Waals surface area contributed by atoms with Gasteiger partial charge in [-0.1, -0.05) is 11.6 Å². The highest BCUT2D eigenvalue weighted by Gasteiger charge is 2.24. The number of rotatable bonds is 3. The minimum Gasteiger partial charge on any atom is -0.422 e. The summed E-state index contributed by atoms with van der Waals surface area (Å²) in [6, 6.07) is 12.0. The molecule has 1 fully saturated rings. The summed E-state index contributed by atoms with van der Waals surface area (Å²) in [6.07, 6.45) is 4.77. The van der Waals surface area contributed by atoms with E-state index in [1.165, 1.54) is 0 Å². The second-order valence-electron chi connectivity index (χ2n) is 7.73. The van der Waals surface area contributed by atoms with Crippen molar-refractivity contribution < 1.29 is 4.42 Å². The van der Waals surface area contributed by atoms with Crippen LogP contribution in [0, 0.1) is 0 Å². The van der Waals surface area contributed by atoms with Crippen molar-refractivity contribution in [2.45, 2.75) is 12.5 Å². The van der Waals surface area contributed by atoms with Crippen LogP contribution in [0.4, 0.5) is 5.69 Å². The van der Waals surface area contributed by atoms with Crippen molar-refractivity contribution in [3.63, 3.8) is 0 Å². The van der Waals surface area contributed by atoms with Gasteiger partial charge in [0.15, 0.2) is 5.65 Å². The van der Waals surface area contributed by atoms with Gasteiger partial charge < -0.3 is 18.6 Å². The Balaban J connectivity index is 1.53. The van der Waals surface area contributed by atoms with Crippen LogP contribution in [-0.4, -0.2) is 47.5 Å². The molecule has 148 valence electrons. The lowest BCUT2D eigenvalue weighted by Crippen LogP contribution is -2.31. The maximum Gasteiger partial charge on any atom is 0.345 e. The predicted octanol–water partition coefficient (Wildman–Crippen LogP) is 3.90. The number of benzene rings is 1. The minimum atomic E-state index is -0.401. The fourth-order valence-electron chi connectivity index (χ4n) is 3.98. The molecular formula is C22H21ClN4O2. The van der Waals surface area contributed by atoms with Crippen molar-refractivity contribution >= 4 is 33.9 Å². The highest BCUT2D eigenvalue weighted by Crippen LogP contribution is 2.28. The topological polar surface area (TPSA) is 54.0 Å². The van der Waals surface area contributed by atoms with Crippen LogP contribution in [0.15, 0.2) is 58.0 Å². The zero-order valence-corrected chi connectivity index (χ0v) is 17.1. The van der Waals surface area contributed by atoms with E-state index in [0.29, 0.717) is 33.6 Å². The molecule has 4 aromatic rings. The fourth-order valence-corrected chi connectivity index (χ4v) is 4.19. The quantitative estimate of drug-likeness (QED) is 0.481. The first kappa shape index (κ1) is 18.2. The molecule has 1 aliphatic rings. The Kier molecular flexibility index (Phi) is 4.33. The smallest absolute Gasteiger partial charge is 0.345 e. The molecule has 1 atom stereocenters. The molecule has 0 spiro atoms. The number of nitrogens with zero attached hydrogens (tertiary/aromatic N) is 4. The second kappa shape index (κ2) is 6.90. The van der Waals surface area contributed by atoms with Gasteiger partial charge in [0.25, 0.3) is 0 Å². The van der Waals surface area contributed by atoms with Crippen molar-refractivity contribution in [1.82, 2.24) is 14.3 Å². The van der Waals surface area contributed by atoms with Gasteiger partial charge in [-0.05, 0) is 50.8 Å². The van der Waals surface area contributed by atoms with Crippen LogP contribution in [0.1, 0.15) is 6.42 Å². The molecule has 5 rings (SSSR count). The monoisotopic (exact) mass is 408 g/mol. The summed E-state index contributed by atoms with van der Waals surface area (Å²) in [5.74, 6) is 0. The Labute approximate surface area is 172 Å². The minimum absolute atomic E-state index is 0.401. The molecule has 6 nitrogen and oxygen atoms in total. The van der Waals surface area contributed by atoms with E-state index in [1.807, 2.05) is 30.5 Å². The number of pyridine rings is 1. The number of anilines is 1. The maximum atomic E-state index is 12.7. The molecule has 3 aromatic heterocycles. The van der Waals surface area contributed by atoms with E-state index in [4.69, 9.17) is 16.0 Å². The highest BCUT2D eigenvalue weighted by molar-refractivity contribution is 6.33. The molecule has 0 N–H and O–H groups in total. The van der Waals surface area contributed by atoms with Crippen LogP contribution in [-0.2, 0) is 0 Å². The van der Waals surface area contributed by atoms with Crippen molar-refractivity contribution in [3.05, 3.63) is 64.2 Å². The average molecular weight is 409 g/mol. The van der Waals surface area contributed by atoms with Crippen LogP contribution < -0.4 is 10.5 Å². The summed E-state index contributed by atoms with van der Waals surface area (Å²) in [7, 11) is 4.23. The van der Waals surface area contributed by atoms with Crippen LogP contribution in [0.3, 0.4) is 0 Å². The Bertz CT molecular complexity index is 1280. The van der Waals surface area contributed by atoms with Crippen molar-refractivity contribution in [2.24, 2.45) is 0 Å². The summed E-state index contributed by atoms with van der Waals surface area (Å²) in [5.41, 5.74) is 2.86. The van der Waals surface area contributed by atoms with E-state index in [-0.39, 0.29) is 0 Å². The lowest BCUT2D eigenvalue weighted by molar-refractivity contribution is 0.315. The lowest BCUT2D eigenvalue weighted by Gasteiger charge is -2.22. The number of fused-ring (bicyclic) bond motifs is 2. The number of likely N-dealkylation sites (N-methyl/N-ethyl adjacent to an activating group) is 1. The predicted molar refractivity (Wildman–Crippen MR) is 116 cm³/mol. The summed E-state index contributed by atoms with van der Waals surface area (Å²) in [6.45, 7) is 1.97. The molecule has 0 saturated carbocycles. The maximum absolute atomic E-state index is 12.7. The molecule has 0 unspecified atom stereocenters. The van der Waals surface area contributed by atoms with Crippen LogP contribution in [0.25, 0.3) is 27.9 Å². The number of imidazole rings is 1. The Morgan fingerprint density at radius 3 is 2.86 bits per heavy atom. The van der Waals surface area contributed by atoms with E-state index < -0.39 is 5.63 Å².